The van der Waals surface area contributed by atoms with Crippen molar-refractivity contribution in [2.45, 2.75) is 12.8 Å². The number of likely N-dealkylation sites (tertiary alicyclic amines) is 1. The fourth-order valence-electron chi connectivity index (χ4n) is 3.82. The molecule has 0 saturated carbocycles. The van der Waals surface area contributed by atoms with Crippen molar-refractivity contribution >= 4 is 17.4 Å². The summed E-state index contributed by atoms with van der Waals surface area (Å²) in [5.74, 6) is 0.448. The van der Waals surface area contributed by atoms with Crippen LogP contribution in [0.2, 0.25) is 0 Å². The topological polar surface area (TPSA) is 79.3 Å². The minimum Gasteiger partial charge on any atom is -0.493 e. The number of aliphatic hydroxyl groups excluding tert-OH is 1. The Bertz CT molecular complexity index is 817. The molecule has 1 aromatic carbocycles. The van der Waals surface area contributed by atoms with E-state index in [1.165, 1.54) is 18.1 Å². The third kappa shape index (κ3) is 3.49. The average molecular weight is 386 g/mol. The summed E-state index contributed by atoms with van der Waals surface area (Å²) >= 11 is 0. The van der Waals surface area contributed by atoms with Crippen LogP contribution in [0, 0.1) is 5.92 Å². The van der Waals surface area contributed by atoms with Crippen LogP contribution >= 0.6 is 0 Å². The van der Waals surface area contributed by atoms with Gasteiger partial charge in [0.2, 0.25) is 0 Å². The van der Waals surface area contributed by atoms with E-state index in [0.29, 0.717) is 41.4 Å². The Hall–Kier alpha value is -2.80. The Morgan fingerprint density at radius 2 is 1.96 bits per heavy atom. The Balaban J connectivity index is 2.10. The van der Waals surface area contributed by atoms with Gasteiger partial charge in [-0.1, -0.05) is 12.1 Å². The molecule has 0 radical (unpaired) electrons. The monoisotopic (exact) mass is 386 g/mol. The number of imide groups is 1. The lowest BCUT2D eigenvalue weighted by atomic mass is 9.96. The second-order valence-electron chi connectivity index (χ2n) is 6.94. The summed E-state index contributed by atoms with van der Waals surface area (Å²) < 4.78 is 10.6. The van der Waals surface area contributed by atoms with Gasteiger partial charge in [0.1, 0.15) is 5.70 Å². The van der Waals surface area contributed by atoms with Crippen LogP contribution in [0.1, 0.15) is 18.4 Å². The van der Waals surface area contributed by atoms with Gasteiger partial charge in [-0.3, -0.25) is 14.5 Å². The molecule has 1 aromatic rings. The molecule has 3 rings (SSSR count). The normalized spacial score (nSPS) is 20.0. The summed E-state index contributed by atoms with van der Waals surface area (Å²) in [6.45, 7) is 5.08. The predicted molar refractivity (Wildman–Crippen MR) is 105 cm³/mol. The highest BCUT2D eigenvalue weighted by Gasteiger charge is 2.42. The predicted octanol–water partition coefficient (Wildman–Crippen LogP) is 1.67. The van der Waals surface area contributed by atoms with Crippen molar-refractivity contribution in [3.05, 3.63) is 42.1 Å². The zero-order valence-electron chi connectivity index (χ0n) is 16.3. The minimum atomic E-state index is -0.349. The van der Waals surface area contributed by atoms with Crippen LogP contribution in [0.3, 0.4) is 0 Å². The Labute approximate surface area is 164 Å². The second kappa shape index (κ2) is 8.48. The number of benzene rings is 1. The summed E-state index contributed by atoms with van der Waals surface area (Å²) in [6.07, 6.45) is 3.30. The fourth-order valence-corrected chi connectivity index (χ4v) is 3.82. The third-order valence-electron chi connectivity index (χ3n) is 5.22. The molecular weight excluding hydrogens is 360 g/mol. The zero-order valence-corrected chi connectivity index (χ0v) is 16.3. The number of methoxy groups -OCH3 is 2. The smallest absolute Gasteiger partial charge is 0.278 e. The molecule has 1 N–H and O–H groups in total. The first-order valence-corrected chi connectivity index (χ1v) is 9.35. The first kappa shape index (κ1) is 19.9. The summed E-state index contributed by atoms with van der Waals surface area (Å²) in [7, 11) is 3.07. The van der Waals surface area contributed by atoms with Crippen molar-refractivity contribution in [2.75, 3.05) is 40.5 Å². The van der Waals surface area contributed by atoms with Gasteiger partial charge in [0.05, 0.1) is 19.8 Å². The van der Waals surface area contributed by atoms with Crippen molar-refractivity contribution in [1.82, 2.24) is 9.80 Å². The second-order valence-corrected chi connectivity index (χ2v) is 6.94. The summed E-state index contributed by atoms with van der Waals surface area (Å²) in [5.41, 5.74) is 1.34. The van der Waals surface area contributed by atoms with E-state index in [0.717, 1.165) is 12.8 Å². The van der Waals surface area contributed by atoms with Gasteiger partial charge in [-0.2, -0.15) is 0 Å². The number of ether oxygens (including phenoxy) is 2. The molecule has 7 nitrogen and oxygen atoms in total. The number of nitrogens with zero attached hydrogens (tertiary/aromatic N) is 2. The molecule has 7 heteroatoms. The highest BCUT2D eigenvalue weighted by Crippen LogP contribution is 2.37. The molecule has 2 aliphatic heterocycles. The van der Waals surface area contributed by atoms with E-state index in [4.69, 9.17) is 9.47 Å². The van der Waals surface area contributed by atoms with Crippen molar-refractivity contribution in [3.63, 3.8) is 0 Å². The van der Waals surface area contributed by atoms with E-state index >= 15 is 0 Å². The van der Waals surface area contributed by atoms with Crippen molar-refractivity contribution in [1.29, 1.82) is 0 Å². The molecule has 2 amide bonds. The van der Waals surface area contributed by atoms with Gasteiger partial charge in [-0.05, 0) is 36.5 Å². The molecular formula is C21H26N2O5. The summed E-state index contributed by atoms with van der Waals surface area (Å²) in [6, 6.07) is 5.19. The van der Waals surface area contributed by atoms with Crippen LogP contribution in [0.4, 0.5) is 0 Å². The van der Waals surface area contributed by atoms with Crippen LogP contribution in [0.5, 0.6) is 11.5 Å². The van der Waals surface area contributed by atoms with Gasteiger partial charge < -0.3 is 19.5 Å². The lowest BCUT2D eigenvalue weighted by Gasteiger charge is -2.34. The molecule has 28 heavy (non-hydrogen) atoms. The summed E-state index contributed by atoms with van der Waals surface area (Å²) in [5, 5.41) is 9.57. The van der Waals surface area contributed by atoms with Crippen LogP contribution in [-0.4, -0.2) is 67.2 Å². The molecule has 1 fully saturated rings. The van der Waals surface area contributed by atoms with Crippen LogP contribution in [0.25, 0.3) is 5.57 Å². The average Bonchev–Trinajstić information content (AvgIpc) is 2.98. The molecule has 1 atom stereocenters. The standard InChI is InChI=1S/C21H26N2O5/c1-4-9-23-20(25)18(15-7-8-16(27-2)17(11-15)28-3)19(21(23)26)22-10-5-6-14(12-22)13-24/h4,7-8,11,14,24H,1,5-6,9-10,12-13H2,2-3H3. The maximum absolute atomic E-state index is 13.1. The van der Waals surface area contributed by atoms with Gasteiger partial charge in [-0.25, -0.2) is 0 Å². The SMILES string of the molecule is C=CCN1C(=O)C(c2ccc(OC)c(OC)c2)=C(N2CCCC(CO)C2)C1=O. The largest absolute Gasteiger partial charge is 0.493 e. The first-order chi connectivity index (χ1) is 13.5. The maximum atomic E-state index is 13.1. The molecule has 1 unspecified atom stereocenters. The number of amides is 2. The Morgan fingerprint density at radius 3 is 2.61 bits per heavy atom. The number of aliphatic hydroxyl groups is 1. The van der Waals surface area contributed by atoms with E-state index < -0.39 is 0 Å². The van der Waals surface area contributed by atoms with Gasteiger partial charge in [0, 0.05) is 26.2 Å². The molecule has 150 valence electrons. The van der Waals surface area contributed by atoms with E-state index in [1.807, 2.05) is 4.90 Å². The quantitative estimate of drug-likeness (QED) is 0.567. The van der Waals surface area contributed by atoms with Gasteiger partial charge in [-0.15, -0.1) is 6.58 Å². The molecule has 2 aliphatic rings. The molecule has 1 saturated heterocycles. The van der Waals surface area contributed by atoms with Crippen molar-refractivity contribution in [3.8, 4) is 11.5 Å². The van der Waals surface area contributed by atoms with E-state index in [9.17, 15) is 14.7 Å². The molecule has 0 aliphatic carbocycles. The van der Waals surface area contributed by atoms with Gasteiger partial charge in [0.25, 0.3) is 11.8 Å². The number of hydrogen-bond donors (Lipinski definition) is 1. The van der Waals surface area contributed by atoms with Crippen LogP contribution in [0.15, 0.2) is 36.6 Å². The van der Waals surface area contributed by atoms with Crippen molar-refractivity contribution in [2.24, 2.45) is 5.92 Å². The first-order valence-electron chi connectivity index (χ1n) is 9.35. The minimum absolute atomic E-state index is 0.0635. The van der Waals surface area contributed by atoms with Crippen molar-refractivity contribution < 1.29 is 24.2 Å². The number of carbonyl (C=O) groups excluding carboxylic acids is 2. The van der Waals surface area contributed by atoms with Crippen LogP contribution < -0.4 is 9.47 Å². The molecule has 0 aromatic heterocycles. The molecule has 0 spiro atoms. The highest BCUT2D eigenvalue weighted by atomic mass is 16.5. The Kier molecular flexibility index (Phi) is 6.04. The molecule has 0 bridgehead atoms. The van der Waals surface area contributed by atoms with Gasteiger partial charge in [0.15, 0.2) is 11.5 Å². The molecule has 2 heterocycles. The lowest BCUT2D eigenvalue weighted by Crippen LogP contribution is -2.40. The highest BCUT2D eigenvalue weighted by molar-refractivity contribution is 6.35. The maximum Gasteiger partial charge on any atom is 0.278 e. The van der Waals surface area contributed by atoms with E-state index in [2.05, 4.69) is 6.58 Å². The van der Waals surface area contributed by atoms with E-state index in [1.54, 1.807) is 25.3 Å². The fraction of sp³-hybridized carbons (Fsp3) is 0.429. The number of piperidine rings is 1. The number of hydrogen-bond acceptors (Lipinski definition) is 6. The zero-order chi connectivity index (χ0) is 20.3. The summed E-state index contributed by atoms with van der Waals surface area (Å²) in [4.78, 5) is 29.4. The Morgan fingerprint density at radius 1 is 1.21 bits per heavy atom. The van der Waals surface area contributed by atoms with Crippen LogP contribution in [-0.2, 0) is 9.59 Å². The van der Waals surface area contributed by atoms with E-state index in [-0.39, 0.29) is 30.9 Å². The number of rotatable bonds is 7. The third-order valence-corrected chi connectivity index (χ3v) is 5.22. The number of carbonyl (C=O) groups is 2. The van der Waals surface area contributed by atoms with Gasteiger partial charge >= 0.3 is 0 Å². The lowest BCUT2D eigenvalue weighted by molar-refractivity contribution is -0.137.